The molecule has 0 spiro atoms. The summed E-state index contributed by atoms with van der Waals surface area (Å²) in [4.78, 5) is 0. The summed E-state index contributed by atoms with van der Waals surface area (Å²) in [6, 6.07) is 8.23. The first kappa shape index (κ1) is 16.3. The maximum absolute atomic E-state index is 5.89. The van der Waals surface area contributed by atoms with Crippen molar-refractivity contribution in [1.82, 2.24) is 0 Å². The van der Waals surface area contributed by atoms with Crippen LogP contribution in [0.15, 0.2) is 42.2 Å². The van der Waals surface area contributed by atoms with Crippen molar-refractivity contribution in [2.75, 3.05) is 11.5 Å². The summed E-state index contributed by atoms with van der Waals surface area (Å²) in [6.45, 7) is 0. The van der Waals surface area contributed by atoms with E-state index >= 15 is 0 Å². The second-order valence-corrected chi connectivity index (χ2v) is 7.86. The van der Waals surface area contributed by atoms with E-state index in [1.54, 1.807) is 0 Å². The maximum atomic E-state index is 5.89. The first-order valence-corrected chi connectivity index (χ1v) is 9.02. The van der Waals surface area contributed by atoms with Gasteiger partial charge in [-0.2, -0.15) is 0 Å². The number of hydrogen-bond donors (Lipinski definition) is 2. The van der Waals surface area contributed by atoms with Crippen molar-refractivity contribution in [1.29, 1.82) is 0 Å². The van der Waals surface area contributed by atoms with Gasteiger partial charge in [0.15, 0.2) is 0 Å². The van der Waals surface area contributed by atoms with Crippen molar-refractivity contribution >= 4 is 75.1 Å². The predicted molar refractivity (Wildman–Crippen MR) is 99.9 cm³/mol. The largest absolute Gasteiger partial charge is 0.397 e. The normalized spacial score (nSPS) is 10.8. The molecular formula is C14H12Br4N2. The van der Waals surface area contributed by atoms with Gasteiger partial charge in [0, 0.05) is 17.9 Å². The molecule has 0 aliphatic carbocycles. The molecular weight excluding hydrogens is 516 g/mol. The Balaban J connectivity index is 2.17. The van der Waals surface area contributed by atoms with Gasteiger partial charge in [0.25, 0.3) is 0 Å². The molecule has 0 unspecified atom stereocenters. The third kappa shape index (κ3) is 3.78. The predicted octanol–water partition coefficient (Wildman–Crippen LogP) is 5.69. The molecule has 0 saturated heterocycles. The molecule has 0 heterocycles. The van der Waals surface area contributed by atoms with Crippen LogP contribution in [0.1, 0.15) is 11.1 Å². The lowest BCUT2D eigenvalue weighted by atomic mass is 10.0. The molecule has 106 valence electrons. The molecule has 0 amide bonds. The van der Waals surface area contributed by atoms with E-state index in [4.69, 9.17) is 11.5 Å². The summed E-state index contributed by atoms with van der Waals surface area (Å²) in [7, 11) is 0. The molecule has 0 aliphatic heterocycles. The van der Waals surface area contributed by atoms with Gasteiger partial charge >= 0.3 is 0 Å². The first-order valence-electron chi connectivity index (χ1n) is 5.85. The minimum Gasteiger partial charge on any atom is -0.397 e. The van der Waals surface area contributed by atoms with Gasteiger partial charge < -0.3 is 11.5 Å². The van der Waals surface area contributed by atoms with Gasteiger partial charge in [-0.05, 0) is 112 Å². The topological polar surface area (TPSA) is 52.0 Å². The lowest BCUT2D eigenvalue weighted by Crippen LogP contribution is -1.97. The molecule has 6 heteroatoms. The number of aryl methyl sites for hydroxylation is 2. The molecule has 0 saturated carbocycles. The molecule has 4 N–H and O–H groups in total. The zero-order valence-electron chi connectivity index (χ0n) is 10.4. The summed E-state index contributed by atoms with van der Waals surface area (Å²) in [5.41, 5.74) is 15.7. The molecule has 0 fully saturated rings. The summed E-state index contributed by atoms with van der Waals surface area (Å²) in [6.07, 6.45) is 1.86. The number of rotatable bonds is 3. The van der Waals surface area contributed by atoms with Gasteiger partial charge in [-0.1, -0.05) is 0 Å². The second-order valence-electron chi connectivity index (χ2n) is 4.45. The van der Waals surface area contributed by atoms with Crippen LogP contribution in [0, 0.1) is 0 Å². The Kier molecular flexibility index (Phi) is 5.56. The third-order valence-corrected chi connectivity index (χ3v) is 5.60. The number of nitrogens with two attached hydrogens (primary N) is 2. The quantitative estimate of drug-likeness (QED) is 0.504. The van der Waals surface area contributed by atoms with Gasteiger partial charge in [-0.3, -0.25) is 0 Å². The summed E-state index contributed by atoms with van der Waals surface area (Å²) in [5, 5.41) is 0. The Morgan fingerprint density at radius 2 is 0.850 bits per heavy atom. The molecule has 0 aromatic heterocycles. The summed E-state index contributed by atoms with van der Waals surface area (Å²) < 4.78 is 3.67. The van der Waals surface area contributed by atoms with Crippen molar-refractivity contribution in [2.45, 2.75) is 12.8 Å². The fraction of sp³-hybridized carbons (Fsp3) is 0.143. The lowest BCUT2D eigenvalue weighted by Gasteiger charge is -2.09. The van der Waals surface area contributed by atoms with Crippen LogP contribution in [-0.4, -0.2) is 0 Å². The van der Waals surface area contributed by atoms with E-state index in [9.17, 15) is 0 Å². The Morgan fingerprint density at radius 1 is 0.600 bits per heavy atom. The fourth-order valence-corrected chi connectivity index (χ4v) is 4.41. The highest BCUT2D eigenvalue weighted by atomic mass is 79.9. The van der Waals surface area contributed by atoms with Crippen LogP contribution in [0.4, 0.5) is 11.4 Å². The monoisotopic (exact) mass is 524 g/mol. The molecule has 0 radical (unpaired) electrons. The molecule has 2 nitrogen and oxygen atoms in total. The summed E-state index contributed by atoms with van der Waals surface area (Å²) in [5.74, 6) is 0. The van der Waals surface area contributed by atoms with Crippen molar-refractivity contribution < 1.29 is 0 Å². The molecule has 0 aliphatic rings. The zero-order chi connectivity index (χ0) is 14.9. The highest BCUT2D eigenvalue weighted by molar-refractivity contribution is 9.11. The standard InChI is InChI=1S/C14H12Br4N2/c15-9-3-7(4-10(16)13(9)19)1-2-8-5-11(17)14(20)12(18)6-8/h3-6H,1-2,19-20H2. The van der Waals surface area contributed by atoms with Crippen LogP contribution in [0.3, 0.4) is 0 Å². The van der Waals surface area contributed by atoms with E-state index in [1.807, 2.05) is 0 Å². The Morgan fingerprint density at radius 3 is 1.10 bits per heavy atom. The smallest absolute Gasteiger partial charge is 0.0603 e. The zero-order valence-corrected chi connectivity index (χ0v) is 16.7. The molecule has 20 heavy (non-hydrogen) atoms. The Hall–Kier alpha value is -0.0400. The van der Waals surface area contributed by atoms with Crippen molar-refractivity contribution in [3.8, 4) is 0 Å². The molecule has 0 bridgehead atoms. The molecule has 2 aromatic rings. The SMILES string of the molecule is Nc1c(Br)cc(CCc2cc(Br)c(N)c(Br)c2)cc1Br. The lowest BCUT2D eigenvalue weighted by molar-refractivity contribution is 0.956. The number of hydrogen-bond acceptors (Lipinski definition) is 2. The van der Waals surface area contributed by atoms with Crippen LogP contribution in [0.2, 0.25) is 0 Å². The van der Waals surface area contributed by atoms with Crippen LogP contribution in [0.5, 0.6) is 0 Å². The van der Waals surface area contributed by atoms with E-state index in [0.717, 1.165) is 42.1 Å². The van der Waals surface area contributed by atoms with Gasteiger partial charge in [0.1, 0.15) is 0 Å². The van der Waals surface area contributed by atoms with Crippen LogP contribution in [0.25, 0.3) is 0 Å². The molecule has 2 aromatic carbocycles. The van der Waals surface area contributed by atoms with E-state index < -0.39 is 0 Å². The van der Waals surface area contributed by atoms with E-state index in [2.05, 4.69) is 88.0 Å². The van der Waals surface area contributed by atoms with Gasteiger partial charge in [-0.25, -0.2) is 0 Å². The molecule has 2 rings (SSSR count). The fourth-order valence-electron chi connectivity index (χ4n) is 1.85. The number of anilines is 2. The maximum Gasteiger partial charge on any atom is 0.0603 e. The van der Waals surface area contributed by atoms with Crippen molar-refractivity contribution in [3.63, 3.8) is 0 Å². The Labute approximate surface area is 151 Å². The third-order valence-electron chi connectivity index (χ3n) is 2.98. The van der Waals surface area contributed by atoms with E-state index in [0.29, 0.717) is 0 Å². The Bertz CT molecular complexity index is 552. The van der Waals surface area contributed by atoms with Gasteiger partial charge in [0.2, 0.25) is 0 Å². The van der Waals surface area contributed by atoms with Crippen LogP contribution < -0.4 is 11.5 Å². The van der Waals surface area contributed by atoms with Gasteiger partial charge in [-0.15, -0.1) is 0 Å². The molecule has 0 atom stereocenters. The number of benzene rings is 2. The number of halogens is 4. The minimum absolute atomic E-state index is 0.728. The van der Waals surface area contributed by atoms with Crippen LogP contribution in [-0.2, 0) is 12.8 Å². The first-order chi connectivity index (χ1) is 9.38. The van der Waals surface area contributed by atoms with Crippen LogP contribution >= 0.6 is 63.7 Å². The van der Waals surface area contributed by atoms with Crippen molar-refractivity contribution in [3.05, 3.63) is 53.3 Å². The minimum atomic E-state index is 0.728. The number of nitrogen functional groups attached to an aromatic ring is 2. The average Bonchev–Trinajstić information content (AvgIpc) is 2.39. The summed E-state index contributed by atoms with van der Waals surface area (Å²) >= 11 is 13.9. The highest BCUT2D eigenvalue weighted by Gasteiger charge is 2.07. The highest BCUT2D eigenvalue weighted by Crippen LogP contribution is 2.32. The van der Waals surface area contributed by atoms with E-state index in [1.165, 1.54) is 11.1 Å². The second kappa shape index (κ2) is 6.81. The van der Waals surface area contributed by atoms with Gasteiger partial charge in [0.05, 0.1) is 11.4 Å². The van der Waals surface area contributed by atoms with Crippen molar-refractivity contribution in [2.24, 2.45) is 0 Å². The average molecular weight is 528 g/mol. The van der Waals surface area contributed by atoms with E-state index in [-0.39, 0.29) is 0 Å².